The van der Waals surface area contributed by atoms with Gasteiger partial charge in [0.1, 0.15) is 5.82 Å². The Hall–Kier alpha value is -3.81. The zero-order chi connectivity index (χ0) is 20.1. The number of para-hydroxylation sites is 2. The van der Waals surface area contributed by atoms with Crippen molar-refractivity contribution in [2.75, 3.05) is 5.32 Å². The number of hydrogen-bond donors (Lipinski definition) is 1. The Morgan fingerprint density at radius 3 is 2.60 bits per heavy atom. The molecule has 6 rings (SSSR count). The number of anilines is 1. The molecule has 1 N–H and O–H groups in total. The van der Waals surface area contributed by atoms with Crippen LogP contribution in [0.1, 0.15) is 30.5 Å². The monoisotopic (exact) mass is 397 g/mol. The lowest BCUT2D eigenvalue weighted by atomic mass is 10.1. The van der Waals surface area contributed by atoms with Gasteiger partial charge in [-0.25, -0.2) is 4.98 Å². The predicted molar refractivity (Wildman–Crippen MR) is 113 cm³/mol. The summed E-state index contributed by atoms with van der Waals surface area (Å²) in [6.07, 6.45) is 2.22. The second-order valence-corrected chi connectivity index (χ2v) is 7.59. The van der Waals surface area contributed by atoms with E-state index in [4.69, 9.17) is 9.40 Å². The van der Waals surface area contributed by atoms with E-state index in [1.54, 1.807) is 0 Å². The third-order valence-electron chi connectivity index (χ3n) is 5.55. The molecule has 1 aliphatic carbocycles. The van der Waals surface area contributed by atoms with Crippen LogP contribution in [0.2, 0.25) is 0 Å². The molecule has 0 amide bonds. The summed E-state index contributed by atoms with van der Waals surface area (Å²) in [4.78, 5) is 4.72. The number of nitrogens with one attached hydrogen (secondary N) is 1. The Bertz CT molecular complexity index is 1380. The first-order chi connectivity index (χ1) is 14.8. The van der Waals surface area contributed by atoms with Crippen LogP contribution in [0.25, 0.3) is 33.4 Å². The quantitative estimate of drug-likeness (QED) is 0.478. The molecule has 8 nitrogen and oxygen atoms in total. The minimum absolute atomic E-state index is 0.403. The smallest absolute Gasteiger partial charge is 0.268 e. The van der Waals surface area contributed by atoms with Gasteiger partial charge in [-0.3, -0.25) is 0 Å². The van der Waals surface area contributed by atoms with E-state index in [0.29, 0.717) is 35.8 Å². The van der Waals surface area contributed by atoms with E-state index >= 15 is 0 Å². The van der Waals surface area contributed by atoms with Crippen LogP contribution in [0.15, 0.2) is 52.9 Å². The molecule has 1 saturated carbocycles. The molecule has 148 valence electrons. The van der Waals surface area contributed by atoms with Gasteiger partial charge < -0.3 is 14.3 Å². The molecule has 3 heterocycles. The third kappa shape index (κ3) is 2.80. The van der Waals surface area contributed by atoms with Crippen LogP contribution in [-0.2, 0) is 13.6 Å². The molecule has 0 aliphatic heterocycles. The summed E-state index contributed by atoms with van der Waals surface area (Å²) in [5, 5.41) is 22.5. The lowest BCUT2D eigenvalue weighted by Crippen LogP contribution is -2.08. The summed E-state index contributed by atoms with van der Waals surface area (Å²) in [5.41, 5.74) is 2.69. The highest BCUT2D eigenvalue weighted by atomic mass is 16.4. The lowest BCUT2D eigenvalue weighted by molar-refractivity contribution is 0.507. The summed E-state index contributed by atoms with van der Waals surface area (Å²) < 4.78 is 7.95. The van der Waals surface area contributed by atoms with Gasteiger partial charge >= 0.3 is 0 Å². The molecule has 0 bridgehead atoms. The predicted octanol–water partition coefficient (Wildman–Crippen LogP) is 4.06. The number of aryl methyl sites for hydroxylation is 1. The molecule has 0 saturated heterocycles. The highest BCUT2D eigenvalue weighted by Gasteiger charge is 2.30. The van der Waals surface area contributed by atoms with Crippen LogP contribution < -0.4 is 5.32 Å². The van der Waals surface area contributed by atoms with Crippen molar-refractivity contribution in [2.24, 2.45) is 7.05 Å². The number of rotatable bonds is 5. The van der Waals surface area contributed by atoms with Gasteiger partial charge in [0.25, 0.3) is 5.89 Å². The van der Waals surface area contributed by atoms with Crippen molar-refractivity contribution >= 4 is 27.6 Å². The maximum absolute atomic E-state index is 5.86. The Labute approximate surface area is 172 Å². The van der Waals surface area contributed by atoms with E-state index in [9.17, 15) is 0 Å². The molecule has 2 aromatic carbocycles. The molecule has 0 atom stereocenters. The van der Waals surface area contributed by atoms with Crippen LogP contribution in [0, 0.1) is 0 Å². The first-order valence-corrected chi connectivity index (χ1v) is 10.0. The molecule has 30 heavy (non-hydrogen) atoms. The zero-order valence-corrected chi connectivity index (χ0v) is 16.4. The van der Waals surface area contributed by atoms with Gasteiger partial charge in [0.2, 0.25) is 5.89 Å². The minimum Gasteiger partial charge on any atom is -0.419 e. The van der Waals surface area contributed by atoms with Gasteiger partial charge in [-0.2, -0.15) is 0 Å². The van der Waals surface area contributed by atoms with E-state index in [1.807, 2.05) is 49.5 Å². The molecule has 5 aromatic rings. The third-order valence-corrected chi connectivity index (χ3v) is 5.55. The van der Waals surface area contributed by atoms with Crippen molar-refractivity contribution in [3.05, 3.63) is 60.2 Å². The van der Waals surface area contributed by atoms with Gasteiger partial charge in [0.05, 0.1) is 17.6 Å². The second kappa shape index (κ2) is 6.62. The Kier molecular flexibility index (Phi) is 3.77. The number of imidazole rings is 1. The fourth-order valence-electron chi connectivity index (χ4n) is 3.73. The summed E-state index contributed by atoms with van der Waals surface area (Å²) in [6.45, 7) is 0.537. The number of hydrogen-bond acceptors (Lipinski definition) is 7. The van der Waals surface area contributed by atoms with E-state index < -0.39 is 0 Å². The highest BCUT2D eigenvalue weighted by Crippen LogP contribution is 2.40. The fraction of sp³-hybridized carbons (Fsp3) is 0.227. The molecule has 1 aliphatic rings. The lowest BCUT2D eigenvalue weighted by Gasteiger charge is -2.09. The zero-order valence-electron chi connectivity index (χ0n) is 16.4. The molecular weight excluding hydrogens is 378 g/mol. The first kappa shape index (κ1) is 17.1. The van der Waals surface area contributed by atoms with Crippen molar-refractivity contribution in [3.8, 4) is 11.6 Å². The largest absolute Gasteiger partial charge is 0.419 e. The molecular formula is C22H19N7O. The molecule has 0 unspecified atom stereocenters. The van der Waals surface area contributed by atoms with Gasteiger partial charge in [-0.1, -0.05) is 36.4 Å². The molecule has 1 fully saturated rings. The summed E-state index contributed by atoms with van der Waals surface area (Å²) >= 11 is 0. The average molecular weight is 397 g/mol. The topological polar surface area (TPSA) is 94.6 Å². The van der Waals surface area contributed by atoms with Crippen LogP contribution in [0.3, 0.4) is 0 Å². The molecule has 0 spiro atoms. The van der Waals surface area contributed by atoms with Crippen molar-refractivity contribution < 1.29 is 4.42 Å². The van der Waals surface area contributed by atoms with Crippen molar-refractivity contribution in [3.63, 3.8) is 0 Å². The SMILES string of the molecule is Cn1c(CNc2nnc(-c3nnc(C4CC4)o3)c3ccccc23)nc2ccccc21. The van der Waals surface area contributed by atoms with Crippen molar-refractivity contribution in [1.82, 2.24) is 29.9 Å². The normalized spacial score (nSPS) is 13.9. The van der Waals surface area contributed by atoms with E-state index in [0.717, 1.165) is 40.5 Å². The van der Waals surface area contributed by atoms with Crippen LogP contribution >= 0.6 is 0 Å². The van der Waals surface area contributed by atoms with Crippen molar-refractivity contribution in [2.45, 2.75) is 25.3 Å². The van der Waals surface area contributed by atoms with E-state index in [-0.39, 0.29) is 0 Å². The molecule has 0 radical (unpaired) electrons. The van der Waals surface area contributed by atoms with E-state index in [1.165, 1.54) is 0 Å². The minimum atomic E-state index is 0.403. The first-order valence-electron chi connectivity index (χ1n) is 10.0. The van der Waals surface area contributed by atoms with E-state index in [2.05, 4.69) is 36.3 Å². The number of benzene rings is 2. The Balaban J connectivity index is 1.35. The summed E-state index contributed by atoms with van der Waals surface area (Å²) in [6, 6.07) is 16.1. The standard InChI is InChI=1S/C22H19N7O/c1-29-17-9-5-4-8-16(17)24-18(29)12-23-20-15-7-3-2-6-14(15)19(25-26-20)22-28-27-21(30-22)13-10-11-13/h2-9,13H,10-12H2,1H3,(H,23,26). The second-order valence-electron chi connectivity index (χ2n) is 7.59. The average Bonchev–Trinajstić information content (AvgIpc) is 3.44. The Morgan fingerprint density at radius 1 is 0.967 bits per heavy atom. The maximum atomic E-state index is 5.86. The molecule has 3 aromatic heterocycles. The van der Waals surface area contributed by atoms with Crippen LogP contribution in [0.4, 0.5) is 5.82 Å². The van der Waals surface area contributed by atoms with Crippen LogP contribution in [-0.4, -0.2) is 29.9 Å². The van der Waals surface area contributed by atoms with Gasteiger partial charge in [0.15, 0.2) is 11.5 Å². The maximum Gasteiger partial charge on any atom is 0.268 e. The Morgan fingerprint density at radius 2 is 1.77 bits per heavy atom. The summed E-state index contributed by atoms with van der Waals surface area (Å²) in [7, 11) is 2.02. The number of fused-ring (bicyclic) bond motifs is 2. The van der Waals surface area contributed by atoms with Crippen LogP contribution in [0.5, 0.6) is 0 Å². The number of nitrogens with zero attached hydrogens (tertiary/aromatic N) is 6. The van der Waals surface area contributed by atoms with Gasteiger partial charge in [0, 0.05) is 23.7 Å². The van der Waals surface area contributed by atoms with Gasteiger partial charge in [-0.15, -0.1) is 20.4 Å². The fourth-order valence-corrected chi connectivity index (χ4v) is 3.73. The summed E-state index contributed by atoms with van der Waals surface area (Å²) in [5.74, 6) is 3.14. The van der Waals surface area contributed by atoms with Gasteiger partial charge in [-0.05, 0) is 25.0 Å². The highest BCUT2D eigenvalue weighted by molar-refractivity contribution is 5.98. The van der Waals surface area contributed by atoms with Crippen molar-refractivity contribution in [1.29, 1.82) is 0 Å². The molecule has 8 heteroatoms. The number of aromatic nitrogens is 6.